The molecule has 0 spiro atoms. The number of hydrogen-bond acceptors (Lipinski definition) is 2. The monoisotopic (exact) mass is 598 g/mol. The first-order valence-corrected chi connectivity index (χ1v) is 16.2. The smallest absolute Gasteiger partial charge is 0.264 e. The van der Waals surface area contributed by atoms with Gasteiger partial charge in [-0.1, -0.05) is 85.8 Å². The molecule has 0 radical (unpaired) electrons. The molecule has 0 aliphatic heterocycles. The van der Waals surface area contributed by atoms with Gasteiger partial charge in [-0.2, -0.15) is 0 Å². The number of rotatable bonds is 3. The summed E-state index contributed by atoms with van der Waals surface area (Å²) in [6.45, 7) is 15.4. The van der Waals surface area contributed by atoms with E-state index in [9.17, 15) is 4.79 Å². The van der Waals surface area contributed by atoms with Crippen LogP contribution in [0.25, 0.3) is 43.9 Å². The van der Waals surface area contributed by atoms with Crippen LogP contribution in [0.4, 0.5) is 0 Å². The van der Waals surface area contributed by atoms with Gasteiger partial charge in [-0.15, -0.1) is 0 Å². The minimum Gasteiger partial charge on any atom is -0.268 e. The number of aryl methyl sites for hydroxylation is 6. The summed E-state index contributed by atoms with van der Waals surface area (Å²) in [6.07, 6.45) is 3.13. The first kappa shape index (κ1) is 28.5. The van der Waals surface area contributed by atoms with Gasteiger partial charge in [-0.3, -0.25) is 9.20 Å². The third-order valence-corrected chi connectivity index (χ3v) is 10.5. The molecule has 0 N–H and O–H groups in total. The Hall–Kier alpha value is -5.02. The number of benzene rings is 5. The Labute approximate surface area is 270 Å². The van der Waals surface area contributed by atoms with Crippen molar-refractivity contribution in [1.82, 2.24) is 9.38 Å². The second kappa shape index (κ2) is 9.99. The third kappa shape index (κ3) is 3.91. The van der Waals surface area contributed by atoms with Gasteiger partial charge in [0.2, 0.25) is 0 Å². The molecular formula is C43H38N2O. The maximum Gasteiger partial charge on any atom is 0.264 e. The molecule has 5 aromatic carbocycles. The van der Waals surface area contributed by atoms with E-state index in [1.165, 1.54) is 50.1 Å². The summed E-state index contributed by atoms with van der Waals surface area (Å²) in [5.74, 6) is 0. The lowest BCUT2D eigenvalue weighted by atomic mass is 9.69. The van der Waals surface area contributed by atoms with Crippen molar-refractivity contribution in [2.75, 3.05) is 0 Å². The zero-order valence-corrected chi connectivity index (χ0v) is 27.7. The Morgan fingerprint density at radius 3 is 1.80 bits per heavy atom. The molecule has 1 atom stereocenters. The Kier molecular flexibility index (Phi) is 6.18. The molecule has 0 bridgehead atoms. The van der Waals surface area contributed by atoms with Crippen LogP contribution in [0.5, 0.6) is 0 Å². The van der Waals surface area contributed by atoms with Crippen LogP contribution in [0.2, 0.25) is 0 Å². The summed E-state index contributed by atoms with van der Waals surface area (Å²) in [5, 5.41) is 3.85. The van der Waals surface area contributed by atoms with E-state index in [1.54, 1.807) is 0 Å². The summed E-state index contributed by atoms with van der Waals surface area (Å²) in [4.78, 5) is 20.2. The minimum atomic E-state index is -0.331. The van der Waals surface area contributed by atoms with E-state index in [0.29, 0.717) is 6.42 Å². The van der Waals surface area contributed by atoms with E-state index in [0.717, 1.165) is 49.7 Å². The molecule has 2 aromatic heterocycles. The average Bonchev–Trinajstić information content (AvgIpc) is 3.39. The SMILES string of the molecule is Cc1cccc(C)c1C1=CC(C)(c2c(C)cccc2C)Cc2c1nc1c3ccc(-c4c(C)cccc4C)c4cccc(c(=O)n21)c43. The van der Waals surface area contributed by atoms with Gasteiger partial charge in [0.1, 0.15) is 5.65 Å². The van der Waals surface area contributed by atoms with E-state index in [4.69, 9.17) is 4.98 Å². The predicted molar refractivity (Wildman–Crippen MR) is 193 cm³/mol. The molecule has 0 fully saturated rings. The minimum absolute atomic E-state index is 0.00659. The van der Waals surface area contributed by atoms with Crippen LogP contribution < -0.4 is 5.56 Å². The average molecular weight is 599 g/mol. The second-order valence-electron chi connectivity index (χ2n) is 13.7. The second-order valence-corrected chi connectivity index (χ2v) is 13.7. The number of pyridine rings is 1. The Morgan fingerprint density at radius 1 is 0.630 bits per heavy atom. The topological polar surface area (TPSA) is 34.4 Å². The van der Waals surface area contributed by atoms with Crippen LogP contribution in [0.1, 0.15) is 62.8 Å². The molecule has 0 amide bonds. The van der Waals surface area contributed by atoms with E-state index < -0.39 is 0 Å². The summed E-state index contributed by atoms with van der Waals surface area (Å²) in [6, 6.07) is 30.1. The highest BCUT2D eigenvalue weighted by molar-refractivity contribution is 6.19. The van der Waals surface area contributed by atoms with Gasteiger partial charge in [-0.25, -0.2) is 4.98 Å². The molecule has 1 aliphatic carbocycles. The normalized spacial score (nSPS) is 16.4. The number of nitrogens with zero attached hydrogens (tertiary/aromatic N) is 2. The lowest BCUT2D eigenvalue weighted by molar-refractivity contribution is 0.564. The number of hydrogen-bond donors (Lipinski definition) is 0. The van der Waals surface area contributed by atoms with Crippen molar-refractivity contribution < 1.29 is 0 Å². The van der Waals surface area contributed by atoms with Crippen LogP contribution in [-0.4, -0.2) is 9.38 Å². The van der Waals surface area contributed by atoms with Crippen LogP contribution >= 0.6 is 0 Å². The predicted octanol–water partition coefficient (Wildman–Crippen LogP) is 9.90. The van der Waals surface area contributed by atoms with Gasteiger partial charge < -0.3 is 0 Å². The first-order chi connectivity index (χ1) is 22.1. The molecule has 1 unspecified atom stereocenters. The fraction of sp³-hybridized carbons (Fsp3) is 0.209. The highest BCUT2D eigenvalue weighted by Gasteiger charge is 2.38. The summed E-state index contributed by atoms with van der Waals surface area (Å²) in [7, 11) is 0. The molecule has 3 nitrogen and oxygen atoms in total. The third-order valence-electron chi connectivity index (χ3n) is 10.5. The number of fused-ring (bicyclic) bond motifs is 4. The molecule has 2 heterocycles. The van der Waals surface area contributed by atoms with Crippen molar-refractivity contribution in [2.24, 2.45) is 0 Å². The Balaban J connectivity index is 1.50. The molecule has 0 saturated heterocycles. The molecule has 226 valence electrons. The molecular weight excluding hydrogens is 560 g/mol. The quantitative estimate of drug-likeness (QED) is 0.203. The molecule has 8 rings (SSSR count). The van der Waals surface area contributed by atoms with Gasteiger partial charge in [-0.05, 0) is 115 Å². The Morgan fingerprint density at radius 2 is 1.17 bits per heavy atom. The molecule has 7 aromatic rings. The largest absolute Gasteiger partial charge is 0.268 e. The Bertz CT molecular complexity index is 2430. The lowest BCUT2D eigenvalue weighted by Gasteiger charge is -2.35. The zero-order chi connectivity index (χ0) is 32.1. The van der Waals surface area contributed by atoms with Gasteiger partial charge in [0.25, 0.3) is 5.56 Å². The number of aromatic nitrogens is 2. The highest BCUT2D eigenvalue weighted by atomic mass is 16.1. The molecule has 1 aliphatic rings. The standard InChI is InChI=1S/C43H38N2O/c1-24-12-8-13-25(2)36(24)31-20-21-32-38-30(31)18-11-19-33(38)42(46)45-35-23-43(7,39-28(5)16-10-17-29(39)6)22-34(40(35)44-41(32)45)37-26(3)14-9-15-27(37)4/h8-22H,23H2,1-7H3. The summed E-state index contributed by atoms with van der Waals surface area (Å²) >= 11 is 0. The van der Waals surface area contributed by atoms with E-state index in [1.807, 2.05) is 16.5 Å². The molecule has 46 heavy (non-hydrogen) atoms. The van der Waals surface area contributed by atoms with E-state index >= 15 is 0 Å². The molecule has 0 saturated carbocycles. The fourth-order valence-electron chi connectivity index (χ4n) is 8.67. The number of imidazole rings is 1. The number of allylic oxidation sites excluding steroid dienone is 1. The van der Waals surface area contributed by atoms with Crippen LogP contribution in [-0.2, 0) is 11.8 Å². The zero-order valence-electron chi connectivity index (χ0n) is 27.7. The highest BCUT2D eigenvalue weighted by Crippen LogP contribution is 2.46. The molecule has 3 heteroatoms. The lowest BCUT2D eigenvalue weighted by Crippen LogP contribution is -2.31. The van der Waals surface area contributed by atoms with Gasteiger partial charge in [0.05, 0.1) is 11.4 Å². The van der Waals surface area contributed by atoms with Gasteiger partial charge in [0.15, 0.2) is 0 Å². The van der Waals surface area contributed by atoms with Crippen molar-refractivity contribution in [3.05, 3.63) is 157 Å². The van der Waals surface area contributed by atoms with Crippen molar-refractivity contribution in [3.63, 3.8) is 0 Å². The van der Waals surface area contributed by atoms with Crippen LogP contribution in [0.3, 0.4) is 0 Å². The fourth-order valence-corrected chi connectivity index (χ4v) is 8.67. The summed E-state index contributed by atoms with van der Waals surface area (Å²) in [5.41, 5.74) is 15.8. The van der Waals surface area contributed by atoms with Crippen LogP contribution in [0.15, 0.2) is 95.8 Å². The van der Waals surface area contributed by atoms with Crippen molar-refractivity contribution in [3.8, 4) is 11.1 Å². The van der Waals surface area contributed by atoms with E-state index in [2.05, 4.69) is 127 Å². The van der Waals surface area contributed by atoms with Crippen LogP contribution in [0, 0.1) is 41.5 Å². The first-order valence-electron chi connectivity index (χ1n) is 16.2. The maximum atomic E-state index is 14.8. The van der Waals surface area contributed by atoms with Gasteiger partial charge >= 0.3 is 0 Å². The maximum absolute atomic E-state index is 14.8. The van der Waals surface area contributed by atoms with Crippen molar-refractivity contribution in [1.29, 1.82) is 0 Å². The summed E-state index contributed by atoms with van der Waals surface area (Å²) < 4.78 is 1.94. The van der Waals surface area contributed by atoms with Crippen molar-refractivity contribution in [2.45, 2.75) is 60.3 Å². The van der Waals surface area contributed by atoms with Gasteiger partial charge in [0, 0.05) is 33.6 Å². The van der Waals surface area contributed by atoms with Crippen molar-refractivity contribution >= 4 is 32.8 Å². The van der Waals surface area contributed by atoms with E-state index in [-0.39, 0.29) is 11.0 Å².